The summed E-state index contributed by atoms with van der Waals surface area (Å²) in [6.07, 6.45) is 1.44. The zero-order valence-corrected chi connectivity index (χ0v) is 17.8. The molecular formula is C22H23FN6O3. The summed E-state index contributed by atoms with van der Waals surface area (Å²) in [6, 6.07) is 5.03. The van der Waals surface area contributed by atoms with Crippen LogP contribution in [0, 0.1) is 6.57 Å². The van der Waals surface area contributed by atoms with Gasteiger partial charge < -0.3 is 24.7 Å². The van der Waals surface area contributed by atoms with Crippen LogP contribution in [-0.2, 0) is 0 Å². The van der Waals surface area contributed by atoms with Crippen molar-refractivity contribution in [2.45, 2.75) is 25.9 Å². The van der Waals surface area contributed by atoms with Crippen LogP contribution in [0.3, 0.4) is 0 Å². The minimum Gasteiger partial charge on any atom is -0.495 e. The summed E-state index contributed by atoms with van der Waals surface area (Å²) in [5, 5.41) is 3.62. The molecule has 0 radical (unpaired) electrons. The van der Waals surface area contributed by atoms with Crippen molar-refractivity contribution in [3.05, 3.63) is 41.4 Å². The fourth-order valence-corrected chi connectivity index (χ4v) is 3.65. The van der Waals surface area contributed by atoms with E-state index in [0.29, 0.717) is 72.1 Å². The Hall–Kier alpha value is -3.87. The fourth-order valence-electron chi connectivity index (χ4n) is 3.65. The van der Waals surface area contributed by atoms with Gasteiger partial charge in [0.15, 0.2) is 0 Å². The maximum Gasteiger partial charge on any atom is 0.253 e. The Morgan fingerprint density at radius 2 is 2.16 bits per heavy atom. The van der Waals surface area contributed by atoms with E-state index in [1.54, 1.807) is 29.3 Å². The zero-order chi connectivity index (χ0) is 22.7. The number of ether oxygens (including phenoxy) is 2. The lowest BCUT2D eigenvalue weighted by molar-refractivity contribution is 0.0666. The molecule has 4 rings (SSSR count). The first kappa shape index (κ1) is 21.4. The Labute approximate surface area is 184 Å². The number of hydrogen-bond donors (Lipinski definition) is 2. The molecule has 2 N–H and O–H groups in total. The molecule has 0 saturated carbocycles. The summed E-state index contributed by atoms with van der Waals surface area (Å²) >= 11 is 0. The first-order valence-electron chi connectivity index (χ1n) is 10.3. The van der Waals surface area contributed by atoms with E-state index in [1.165, 1.54) is 7.11 Å². The highest BCUT2D eigenvalue weighted by Gasteiger charge is 2.24. The van der Waals surface area contributed by atoms with Gasteiger partial charge in [-0.25, -0.2) is 9.24 Å². The van der Waals surface area contributed by atoms with Crippen molar-refractivity contribution in [2.24, 2.45) is 0 Å². The monoisotopic (exact) mass is 438 g/mol. The molecular weight excluding hydrogens is 415 g/mol. The number of aromatic nitrogens is 3. The third-order valence-electron chi connectivity index (χ3n) is 5.29. The minimum absolute atomic E-state index is 0.156. The second-order valence-electron chi connectivity index (χ2n) is 7.30. The van der Waals surface area contributed by atoms with Crippen molar-refractivity contribution in [2.75, 3.05) is 32.1 Å². The van der Waals surface area contributed by atoms with Crippen LogP contribution in [0.2, 0.25) is 0 Å². The number of aromatic amines is 1. The number of benzene rings is 1. The van der Waals surface area contributed by atoms with Crippen LogP contribution in [0.4, 0.5) is 21.7 Å². The van der Waals surface area contributed by atoms with Crippen LogP contribution < -0.4 is 14.8 Å². The van der Waals surface area contributed by atoms with Gasteiger partial charge in [-0.15, -0.1) is 0 Å². The molecule has 1 amide bonds. The summed E-state index contributed by atoms with van der Waals surface area (Å²) in [5.74, 6) is 0.832. The predicted octanol–water partition coefficient (Wildman–Crippen LogP) is 4.23. The second kappa shape index (κ2) is 9.09. The second-order valence-corrected chi connectivity index (χ2v) is 7.30. The summed E-state index contributed by atoms with van der Waals surface area (Å²) < 4.78 is 24.5. The molecule has 32 heavy (non-hydrogen) atoms. The Morgan fingerprint density at radius 1 is 1.38 bits per heavy atom. The standard InChI is InChI=1S/C22H23FN6O3/c1-4-32-20-18-16(24-2)12-25-19(18)27-22(28-20)26-15-6-5-13(11-17(15)31-3)21(30)29-9-7-14(23)8-10-29/h5-6,11-12,14H,4,7-10H2,1,3H3,(H2,25,26,27,28). The Bertz CT molecular complexity index is 1180. The van der Waals surface area contributed by atoms with E-state index in [0.717, 1.165) is 0 Å². The van der Waals surface area contributed by atoms with Gasteiger partial charge in [0, 0.05) is 24.8 Å². The topological polar surface area (TPSA) is 96.7 Å². The van der Waals surface area contributed by atoms with Crippen LogP contribution in [0.1, 0.15) is 30.1 Å². The molecule has 10 heteroatoms. The van der Waals surface area contributed by atoms with Gasteiger partial charge in [-0.2, -0.15) is 9.97 Å². The van der Waals surface area contributed by atoms with Gasteiger partial charge >= 0.3 is 0 Å². The fraction of sp³-hybridized carbons (Fsp3) is 0.364. The zero-order valence-electron chi connectivity index (χ0n) is 17.8. The Kier molecular flexibility index (Phi) is 6.07. The van der Waals surface area contributed by atoms with Crippen LogP contribution in [0.15, 0.2) is 24.4 Å². The van der Waals surface area contributed by atoms with Gasteiger partial charge in [0.05, 0.1) is 31.4 Å². The molecule has 1 fully saturated rings. The molecule has 166 valence electrons. The van der Waals surface area contributed by atoms with Crippen molar-refractivity contribution in [3.8, 4) is 11.6 Å². The van der Waals surface area contributed by atoms with E-state index in [4.69, 9.17) is 16.0 Å². The molecule has 0 spiro atoms. The number of nitrogens with zero attached hydrogens (tertiary/aromatic N) is 4. The maximum atomic E-state index is 13.4. The van der Waals surface area contributed by atoms with Gasteiger partial charge in [-0.05, 0) is 38.0 Å². The Morgan fingerprint density at radius 3 is 2.84 bits per heavy atom. The number of anilines is 2. The number of amides is 1. The molecule has 9 nitrogen and oxygen atoms in total. The van der Waals surface area contributed by atoms with E-state index < -0.39 is 6.17 Å². The van der Waals surface area contributed by atoms with Crippen LogP contribution in [-0.4, -0.2) is 58.7 Å². The smallest absolute Gasteiger partial charge is 0.253 e. The minimum atomic E-state index is -0.843. The number of H-pyrrole nitrogens is 1. The molecule has 1 aliphatic heterocycles. The van der Waals surface area contributed by atoms with Gasteiger partial charge in [-0.3, -0.25) is 4.79 Å². The average Bonchev–Trinajstić information content (AvgIpc) is 3.23. The number of methoxy groups -OCH3 is 1. The molecule has 2 aromatic heterocycles. The lowest BCUT2D eigenvalue weighted by Crippen LogP contribution is -2.39. The normalized spacial score (nSPS) is 14.2. The lowest BCUT2D eigenvalue weighted by atomic mass is 10.1. The van der Waals surface area contributed by atoms with Crippen molar-refractivity contribution in [1.82, 2.24) is 19.9 Å². The maximum absolute atomic E-state index is 13.4. The molecule has 3 aromatic rings. The van der Waals surface area contributed by atoms with E-state index in [2.05, 4.69) is 25.1 Å². The molecule has 0 bridgehead atoms. The molecule has 1 aromatic carbocycles. The molecule has 0 atom stereocenters. The first-order chi connectivity index (χ1) is 15.5. The Balaban J connectivity index is 1.61. The third kappa shape index (κ3) is 4.14. The van der Waals surface area contributed by atoms with Crippen molar-refractivity contribution in [1.29, 1.82) is 0 Å². The SMILES string of the molecule is [C-]#[N+]c1c[nH]c2nc(Nc3ccc(C(=O)N4CCC(F)CC4)cc3OC)nc(OCC)c12. The number of carbonyl (C=O) groups excluding carboxylic acids is 1. The molecule has 0 unspecified atom stereocenters. The highest BCUT2D eigenvalue weighted by molar-refractivity contribution is 5.96. The number of likely N-dealkylation sites (tertiary alicyclic amines) is 1. The largest absolute Gasteiger partial charge is 0.495 e. The number of hydrogen-bond acceptors (Lipinski definition) is 6. The summed E-state index contributed by atoms with van der Waals surface area (Å²) in [7, 11) is 1.51. The molecule has 3 heterocycles. The third-order valence-corrected chi connectivity index (χ3v) is 5.29. The predicted molar refractivity (Wildman–Crippen MR) is 118 cm³/mol. The quantitative estimate of drug-likeness (QED) is 0.559. The number of carbonyl (C=O) groups is 1. The number of piperidine rings is 1. The highest BCUT2D eigenvalue weighted by Crippen LogP contribution is 2.35. The highest BCUT2D eigenvalue weighted by atomic mass is 19.1. The van der Waals surface area contributed by atoms with E-state index in [1.807, 2.05) is 6.92 Å². The van der Waals surface area contributed by atoms with Gasteiger partial charge in [0.2, 0.25) is 17.5 Å². The van der Waals surface area contributed by atoms with Gasteiger partial charge in [0.1, 0.15) is 17.6 Å². The van der Waals surface area contributed by atoms with Crippen LogP contribution >= 0.6 is 0 Å². The number of halogens is 1. The number of fused-ring (bicyclic) bond motifs is 1. The van der Waals surface area contributed by atoms with E-state index in [-0.39, 0.29) is 11.9 Å². The van der Waals surface area contributed by atoms with Crippen molar-refractivity contribution in [3.63, 3.8) is 0 Å². The summed E-state index contributed by atoms with van der Waals surface area (Å²) in [6.45, 7) is 10.3. The van der Waals surface area contributed by atoms with Crippen LogP contribution in [0.25, 0.3) is 15.9 Å². The van der Waals surface area contributed by atoms with Crippen LogP contribution in [0.5, 0.6) is 11.6 Å². The molecule has 1 saturated heterocycles. The lowest BCUT2D eigenvalue weighted by Gasteiger charge is -2.28. The summed E-state index contributed by atoms with van der Waals surface area (Å²) in [4.78, 5) is 29.7. The van der Waals surface area contributed by atoms with Gasteiger partial charge in [-0.1, -0.05) is 0 Å². The first-order valence-corrected chi connectivity index (χ1v) is 10.3. The number of nitrogens with one attached hydrogen (secondary N) is 2. The summed E-state index contributed by atoms with van der Waals surface area (Å²) in [5.41, 5.74) is 1.87. The van der Waals surface area contributed by atoms with Crippen molar-refractivity contribution < 1.29 is 18.7 Å². The molecule has 1 aliphatic rings. The number of alkyl halides is 1. The van der Waals surface area contributed by atoms with E-state index >= 15 is 0 Å². The number of rotatable bonds is 6. The van der Waals surface area contributed by atoms with Crippen molar-refractivity contribution >= 4 is 34.3 Å². The average molecular weight is 438 g/mol. The van der Waals surface area contributed by atoms with E-state index in [9.17, 15) is 9.18 Å². The van der Waals surface area contributed by atoms with Gasteiger partial charge in [0.25, 0.3) is 5.91 Å². The molecule has 0 aliphatic carbocycles.